The van der Waals surface area contributed by atoms with E-state index in [1.54, 1.807) is 6.20 Å². The molecule has 0 amide bonds. The summed E-state index contributed by atoms with van der Waals surface area (Å²) in [7, 11) is 0. The van der Waals surface area contributed by atoms with Crippen molar-refractivity contribution in [3.63, 3.8) is 0 Å². The summed E-state index contributed by atoms with van der Waals surface area (Å²) in [4.78, 5) is 8.63. The molecule has 0 aliphatic carbocycles. The standard InChI is InChI=1S/C11H14N4/c1-3-4-10-13-11(15-14-10)9-6-5-8(2)12-7-9/h5-7,10H,3-4H2,1-2H3. The van der Waals surface area contributed by atoms with Crippen molar-refractivity contribution in [1.29, 1.82) is 0 Å². The van der Waals surface area contributed by atoms with Gasteiger partial charge in [0.15, 0.2) is 12.0 Å². The molecule has 0 aromatic carbocycles. The number of rotatable bonds is 3. The number of aromatic nitrogens is 1. The third-order valence-corrected chi connectivity index (χ3v) is 2.27. The van der Waals surface area contributed by atoms with Gasteiger partial charge in [0.2, 0.25) is 0 Å². The van der Waals surface area contributed by atoms with Crippen molar-refractivity contribution in [3.05, 3.63) is 29.6 Å². The van der Waals surface area contributed by atoms with Crippen LogP contribution in [0.2, 0.25) is 0 Å². The fraction of sp³-hybridized carbons (Fsp3) is 0.455. The van der Waals surface area contributed by atoms with Gasteiger partial charge in [-0.15, -0.1) is 5.11 Å². The number of aryl methyl sites for hydroxylation is 1. The summed E-state index contributed by atoms with van der Waals surface area (Å²) in [5, 5.41) is 8.17. The number of azo groups is 1. The zero-order chi connectivity index (χ0) is 10.7. The molecule has 1 aliphatic rings. The number of nitrogens with zero attached hydrogens (tertiary/aromatic N) is 4. The van der Waals surface area contributed by atoms with E-state index in [0.29, 0.717) is 5.84 Å². The molecular formula is C11H14N4. The molecule has 0 saturated carbocycles. The van der Waals surface area contributed by atoms with Crippen LogP contribution in [0.25, 0.3) is 0 Å². The SMILES string of the molecule is CCCC1N=NC(c2ccc(C)nc2)=N1. The predicted molar refractivity (Wildman–Crippen MR) is 59.1 cm³/mol. The monoisotopic (exact) mass is 202 g/mol. The lowest BCUT2D eigenvalue weighted by Crippen LogP contribution is -1.99. The Morgan fingerprint density at radius 2 is 2.20 bits per heavy atom. The van der Waals surface area contributed by atoms with E-state index in [1.807, 2.05) is 19.1 Å². The van der Waals surface area contributed by atoms with E-state index in [0.717, 1.165) is 24.1 Å². The molecular weight excluding hydrogens is 188 g/mol. The van der Waals surface area contributed by atoms with Gasteiger partial charge < -0.3 is 0 Å². The quantitative estimate of drug-likeness (QED) is 0.743. The van der Waals surface area contributed by atoms with Gasteiger partial charge in [-0.05, 0) is 25.5 Å². The van der Waals surface area contributed by atoms with E-state index in [-0.39, 0.29) is 6.17 Å². The molecule has 0 saturated heterocycles. The first-order chi connectivity index (χ1) is 7.29. The van der Waals surface area contributed by atoms with Crippen molar-refractivity contribution in [1.82, 2.24) is 4.98 Å². The van der Waals surface area contributed by atoms with Gasteiger partial charge in [-0.3, -0.25) is 4.98 Å². The summed E-state index contributed by atoms with van der Waals surface area (Å²) in [6.45, 7) is 4.08. The highest BCUT2D eigenvalue weighted by molar-refractivity contribution is 5.99. The van der Waals surface area contributed by atoms with Crippen LogP contribution < -0.4 is 0 Å². The molecule has 2 heterocycles. The maximum Gasteiger partial charge on any atom is 0.180 e. The van der Waals surface area contributed by atoms with Crippen LogP contribution in [0, 0.1) is 6.92 Å². The summed E-state index contributed by atoms with van der Waals surface area (Å²) in [6.07, 6.45) is 3.85. The second-order valence-electron chi connectivity index (χ2n) is 3.63. The van der Waals surface area contributed by atoms with Gasteiger partial charge in [-0.2, -0.15) is 5.11 Å². The van der Waals surface area contributed by atoms with Crippen LogP contribution in [-0.4, -0.2) is 17.0 Å². The summed E-state index contributed by atoms with van der Waals surface area (Å²) < 4.78 is 0. The lowest BCUT2D eigenvalue weighted by atomic mass is 10.2. The molecule has 4 heteroatoms. The summed E-state index contributed by atoms with van der Waals surface area (Å²) in [5.41, 5.74) is 1.95. The molecule has 15 heavy (non-hydrogen) atoms. The fourth-order valence-electron chi connectivity index (χ4n) is 1.43. The lowest BCUT2D eigenvalue weighted by molar-refractivity contribution is 0.629. The van der Waals surface area contributed by atoms with Crippen LogP contribution in [0.15, 0.2) is 33.6 Å². The second-order valence-corrected chi connectivity index (χ2v) is 3.63. The Balaban J connectivity index is 2.16. The second kappa shape index (κ2) is 4.29. The van der Waals surface area contributed by atoms with Crippen molar-refractivity contribution < 1.29 is 0 Å². The molecule has 1 aliphatic heterocycles. The molecule has 0 bridgehead atoms. The van der Waals surface area contributed by atoms with Crippen LogP contribution in [0.5, 0.6) is 0 Å². The maximum absolute atomic E-state index is 4.42. The smallest absolute Gasteiger partial charge is 0.180 e. The van der Waals surface area contributed by atoms with Crippen molar-refractivity contribution in [3.8, 4) is 0 Å². The van der Waals surface area contributed by atoms with Crippen molar-refractivity contribution in [2.24, 2.45) is 15.2 Å². The van der Waals surface area contributed by atoms with E-state index in [4.69, 9.17) is 0 Å². The number of amidine groups is 1. The van der Waals surface area contributed by atoms with E-state index in [1.165, 1.54) is 0 Å². The minimum absolute atomic E-state index is 0.0197. The van der Waals surface area contributed by atoms with Crippen LogP contribution in [0.3, 0.4) is 0 Å². The Kier molecular flexibility index (Phi) is 2.85. The van der Waals surface area contributed by atoms with Crippen LogP contribution in [-0.2, 0) is 0 Å². The third-order valence-electron chi connectivity index (χ3n) is 2.27. The minimum atomic E-state index is 0.0197. The van der Waals surface area contributed by atoms with E-state index in [2.05, 4.69) is 27.1 Å². The van der Waals surface area contributed by atoms with Gasteiger partial charge in [0, 0.05) is 17.5 Å². The molecule has 4 nitrogen and oxygen atoms in total. The molecule has 1 aromatic heterocycles. The zero-order valence-electron chi connectivity index (χ0n) is 9.01. The van der Waals surface area contributed by atoms with Gasteiger partial charge in [-0.25, -0.2) is 4.99 Å². The normalized spacial score (nSPS) is 19.3. The summed E-state index contributed by atoms with van der Waals surface area (Å²) >= 11 is 0. The molecule has 0 radical (unpaired) electrons. The van der Waals surface area contributed by atoms with Crippen molar-refractivity contribution in [2.75, 3.05) is 0 Å². The lowest BCUT2D eigenvalue weighted by Gasteiger charge is -1.98. The number of pyridine rings is 1. The van der Waals surface area contributed by atoms with Crippen LogP contribution in [0.4, 0.5) is 0 Å². The molecule has 2 rings (SSSR count). The Hall–Kier alpha value is -1.58. The highest BCUT2D eigenvalue weighted by atomic mass is 15.3. The predicted octanol–water partition coefficient (Wildman–Crippen LogP) is 2.73. The van der Waals surface area contributed by atoms with Gasteiger partial charge >= 0.3 is 0 Å². The molecule has 1 aromatic rings. The van der Waals surface area contributed by atoms with Crippen molar-refractivity contribution >= 4 is 5.84 Å². The topological polar surface area (TPSA) is 50.0 Å². The number of aliphatic imine (C=N–C) groups is 1. The number of hydrogen-bond acceptors (Lipinski definition) is 4. The average molecular weight is 202 g/mol. The maximum atomic E-state index is 4.42. The first kappa shape index (κ1) is 9.96. The molecule has 78 valence electrons. The van der Waals surface area contributed by atoms with Gasteiger partial charge in [-0.1, -0.05) is 13.3 Å². The van der Waals surface area contributed by atoms with E-state index < -0.39 is 0 Å². The molecule has 0 N–H and O–H groups in total. The van der Waals surface area contributed by atoms with Gasteiger partial charge in [0.05, 0.1) is 0 Å². The highest BCUT2D eigenvalue weighted by Crippen LogP contribution is 2.15. The average Bonchev–Trinajstić information content (AvgIpc) is 2.68. The highest BCUT2D eigenvalue weighted by Gasteiger charge is 2.14. The molecule has 1 atom stereocenters. The first-order valence-corrected chi connectivity index (χ1v) is 5.21. The number of hydrogen-bond donors (Lipinski definition) is 0. The van der Waals surface area contributed by atoms with Crippen LogP contribution in [0.1, 0.15) is 31.0 Å². The third kappa shape index (κ3) is 2.26. The van der Waals surface area contributed by atoms with E-state index >= 15 is 0 Å². The van der Waals surface area contributed by atoms with Crippen LogP contribution >= 0.6 is 0 Å². The van der Waals surface area contributed by atoms with Gasteiger partial charge in [0.25, 0.3) is 0 Å². The Morgan fingerprint density at radius 3 is 2.87 bits per heavy atom. The first-order valence-electron chi connectivity index (χ1n) is 5.21. The zero-order valence-corrected chi connectivity index (χ0v) is 9.01. The minimum Gasteiger partial charge on any atom is -0.261 e. The molecule has 0 spiro atoms. The molecule has 0 fully saturated rings. The Labute approximate surface area is 89.2 Å². The summed E-state index contributed by atoms with van der Waals surface area (Å²) in [5.74, 6) is 0.709. The van der Waals surface area contributed by atoms with E-state index in [9.17, 15) is 0 Å². The van der Waals surface area contributed by atoms with Crippen molar-refractivity contribution in [2.45, 2.75) is 32.9 Å². The Morgan fingerprint density at radius 1 is 1.33 bits per heavy atom. The summed E-state index contributed by atoms with van der Waals surface area (Å²) in [6, 6.07) is 3.94. The van der Waals surface area contributed by atoms with Gasteiger partial charge in [0.1, 0.15) is 0 Å². The largest absolute Gasteiger partial charge is 0.261 e. The Bertz CT molecular complexity index is 392. The fourth-order valence-corrected chi connectivity index (χ4v) is 1.43. The molecule has 1 unspecified atom stereocenters.